The van der Waals surface area contributed by atoms with Crippen LogP contribution in [0.3, 0.4) is 0 Å². The minimum Gasteiger partial charge on any atom is -0.492 e. The quantitative estimate of drug-likeness (QED) is 0.762. The summed E-state index contributed by atoms with van der Waals surface area (Å²) in [5.74, 6) is 1.40. The largest absolute Gasteiger partial charge is 0.492 e. The maximum absolute atomic E-state index is 5.49. The zero-order valence-corrected chi connectivity index (χ0v) is 8.76. The number of rotatable bonds is 2. The van der Waals surface area contributed by atoms with Crippen LogP contribution in [0.15, 0.2) is 6.20 Å². The van der Waals surface area contributed by atoms with E-state index in [1.807, 2.05) is 0 Å². The molecule has 1 N–H and O–H groups in total. The Morgan fingerprint density at radius 2 is 2.57 bits per heavy atom. The number of aromatic nitrogens is 2. The lowest BCUT2D eigenvalue weighted by atomic mass is 10.2. The van der Waals surface area contributed by atoms with Crippen molar-refractivity contribution in [1.29, 1.82) is 0 Å². The second-order valence-corrected chi connectivity index (χ2v) is 3.58. The van der Waals surface area contributed by atoms with Crippen molar-refractivity contribution < 1.29 is 9.47 Å². The zero-order valence-electron chi connectivity index (χ0n) is 7.95. The average Bonchev–Trinajstić information content (AvgIpc) is 2.70. The molecule has 76 valence electrons. The van der Waals surface area contributed by atoms with Crippen LogP contribution in [0.4, 0.5) is 0 Å². The SMILES string of the molecule is COc1cnc(C2CCCO2)[nH]c1=S. The summed E-state index contributed by atoms with van der Waals surface area (Å²) in [4.78, 5) is 7.24. The third kappa shape index (κ3) is 1.78. The van der Waals surface area contributed by atoms with Crippen molar-refractivity contribution in [3.63, 3.8) is 0 Å². The first kappa shape index (κ1) is 9.61. The molecule has 1 aliphatic heterocycles. The van der Waals surface area contributed by atoms with Crippen LogP contribution >= 0.6 is 12.2 Å². The fourth-order valence-electron chi connectivity index (χ4n) is 1.50. The summed E-state index contributed by atoms with van der Waals surface area (Å²) in [5, 5.41) is 0. The molecule has 2 rings (SSSR count). The number of ether oxygens (including phenoxy) is 2. The minimum atomic E-state index is 0.0719. The first-order chi connectivity index (χ1) is 6.81. The third-order valence-electron chi connectivity index (χ3n) is 2.24. The van der Waals surface area contributed by atoms with Crippen LogP contribution in [0.1, 0.15) is 24.8 Å². The number of hydrogen-bond donors (Lipinski definition) is 1. The first-order valence-corrected chi connectivity index (χ1v) is 4.97. The summed E-state index contributed by atoms with van der Waals surface area (Å²) in [6.07, 6.45) is 3.79. The molecular weight excluding hydrogens is 200 g/mol. The molecule has 0 amide bonds. The average molecular weight is 212 g/mol. The van der Waals surface area contributed by atoms with Gasteiger partial charge in [0.2, 0.25) is 0 Å². The normalized spacial score (nSPS) is 21.1. The van der Waals surface area contributed by atoms with Crippen LogP contribution in [-0.2, 0) is 4.74 Å². The first-order valence-electron chi connectivity index (χ1n) is 4.56. The summed E-state index contributed by atoms with van der Waals surface area (Å²) in [6.45, 7) is 0.805. The third-order valence-corrected chi connectivity index (χ3v) is 2.54. The summed E-state index contributed by atoms with van der Waals surface area (Å²) in [6, 6.07) is 0. The molecule has 14 heavy (non-hydrogen) atoms. The molecule has 0 aromatic carbocycles. The maximum atomic E-state index is 5.49. The van der Waals surface area contributed by atoms with Crippen molar-refractivity contribution in [2.45, 2.75) is 18.9 Å². The van der Waals surface area contributed by atoms with E-state index in [0.717, 1.165) is 25.3 Å². The van der Waals surface area contributed by atoms with Crippen molar-refractivity contribution in [2.24, 2.45) is 0 Å². The highest BCUT2D eigenvalue weighted by atomic mass is 32.1. The number of nitrogens with zero attached hydrogens (tertiary/aromatic N) is 1. The van der Waals surface area contributed by atoms with E-state index in [1.54, 1.807) is 13.3 Å². The molecule has 2 heterocycles. The van der Waals surface area contributed by atoms with Gasteiger partial charge in [0.1, 0.15) is 16.6 Å². The molecule has 0 bridgehead atoms. The molecule has 1 atom stereocenters. The van der Waals surface area contributed by atoms with E-state index >= 15 is 0 Å². The molecule has 1 aliphatic rings. The molecule has 0 spiro atoms. The summed E-state index contributed by atoms with van der Waals surface area (Å²) in [5.41, 5.74) is 0. The van der Waals surface area contributed by atoms with Crippen molar-refractivity contribution in [2.75, 3.05) is 13.7 Å². The number of hydrogen-bond acceptors (Lipinski definition) is 4. The van der Waals surface area contributed by atoms with E-state index in [2.05, 4.69) is 9.97 Å². The molecule has 4 nitrogen and oxygen atoms in total. The Hall–Kier alpha value is -0.940. The summed E-state index contributed by atoms with van der Waals surface area (Å²) < 4.78 is 11.1. The standard InChI is InChI=1S/C9H12N2O2S/c1-12-7-5-10-8(11-9(7)14)6-3-2-4-13-6/h5-6H,2-4H2,1H3,(H,10,11,14). The van der Waals surface area contributed by atoms with Gasteiger partial charge in [0.15, 0.2) is 5.75 Å². The molecule has 0 radical (unpaired) electrons. The highest BCUT2D eigenvalue weighted by molar-refractivity contribution is 7.71. The van der Waals surface area contributed by atoms with Crippen molar-refractivity contribution >= 4 is 12.2 Å². The van der Waals surface area contributed by atoms with Crippen molar-refractivity contribution in [3.05, 3.63) is 16.7 Å². The van der Waals surface area contributed by atoms with Crippen LogP contribution in [0.5, 0.6) is 5.75 Å². The van der Waals surface area contributed by atoms with Gasteiger partial charge in [-0.2, -0.15) is 0 Å². The van der Waals surface area contributed by atoms with Gasteiger partial charge in [-0.25, -0.2) is 4.98 Å². The summed E-state index contributed by atoms with van der Waals surface area (Å²) in [7, 11) is 1.58. The van der Waals surface area contributed by atoms with E-state index in [9.17, 15) is 0 Å². The Morgan fingerprint density at radius 3 is 3.14 bits per heavy atom. The van der Waals surface area contributed by atoms with Crippen molar-refractivity contribution in [1.82, 2.24) is 9.97 Å². The van der Waals surface area contributed by atoms with Crippen molar-refractivity contribution in [3.8, 4) is 5.75 Å². The van der Waals surface area contributed by atoms with Gasteiger partial charge in [0.05, 0.1) is 13.3 Å². The van der Waals surface area contributed by atoms with Crippen LogP contribution in [-0.4, -0.2) is 23.7 Å². The van der Waals surface area contributed by atoms with E-state index in [0.29, 0.717) is 10.4 Å². The molecule has 1 unspecified atom stereocenters. The molecule has 1 fully saturated rings. The van der Waals surface area contributed by atoms with E-state index in [4.69, 9.17) is 21.7 Å². The molecule has 0 saturated carbocycles. The molecule has 1 saturated heterocycles. The Balaban J connectivity index is 2.27. The van der Waals surface area contributed by atoms with Crippen LogP contribution < -0.4 is 4.74 Å². The Bertz CT molecular complexity index is 371. The second-order valence-electron chi connectivity index (χ2n) is 3.17. The predicted octanol–water partition coefficient (Wildman–Crippen LogP) is 2.00. The number of aromatic amines is 1. The zero-order chi connectivity index (χ0) is 9.97. The Kier molecular flexibility index (Phi) is 2.79. The van der Waals surface area contributed by atoms with Crippen LogP contribution in [0.25, 0.3) is 0 Å². The van der Waals surface area contributed by atoms with Gasteiger partial charge in [-0.3, -0.25) is 0 Å². The van der Waals surface area contributed by atoms with E-state index in [-0.39, 0.29) is 6.10 Å². The van der Waals surface area contributed by atoms with Gasteiger partial charge >= 0.3 is 0 Å². The van der Waals surface area contributed by atoms with E-state index < -0.39 is 0 Å². The van der Waals surface area contributed by atoms with Crippen LogP contribution in [0, 0.1) is 4.64 Å². The summed E-state index contributed by atoms with van der Waals surface area (Å²) >= 11 is 5.10. The predicted molar refractivity (Wildman–Crippen MR) is 53.9 cm³/mol. The molecule has 5 heteroatoms. The number of H-pyrrole nitrogens is 1. The number of nitrogens with one attached hydrogen (secondary N) is 1. The monoisotopic (exact) mass is 212 g/mol. The van der Waals surface area contributed by atoms with Gasteiger partial charge in [0.25, 0.3) is 0 Å². The molecule has 0 aliphatic carbocycles. The van der Waals surface area contributed by atoms with Gasteiger partial charge in [0, 0.05) is 6.61 Å². The highest BCUT2D eigenvalue weighted by Gasteiger charge is 2.19. The van der Waals surface area contributed by atoms with E-state index in [1.165, 1.54) is 0 Å². The lowest BCUT2D eigenvalue weighted by Crippen LogP contribution is -2.03. The van der Waals surface area contributed by atoms with Crippen LogP contribution in [0.2, 0.25) is 0 Å². The maximum Gasteiger partial charge on any atom is 0.171 e. The lowest BCUT2D eigenvalue weighted by Gasteiger charge is -2.09. The smallest absolute Gasteiger partial charge is 0.171 e. The Morgan fingerprint density at radius 1 is 1.71 bits per heavy atom. The van der Waals surface area contributed by atoms with Gasteiger partial charge in [-0.15, -0.1) is 0 Å². The lowest BCUT2D eigenvalue weighted by molar-refractivity contribution is 0.105. The number of methoxy groups -OCH3 is 1. The van der Waals surface area contributed by atoms with Gasteiger partial charge in [-0.1, -0.05) is 12.2 Å². The second kappa shape index (κ2) is 4.06. The molecular formula is C9H12N2O2S. The topological polar surface area (TPSA) is 47.1 Å². The van der Waals surface area contributed by atoms with Gasteiger partial charge in [-0.05, 0) is 12.8 Å². The minimum absolute atomic E-state index is 0.0719. The molecule has 1 aromatic rings. The fourth-order valence-corrected chi connectivity index (χ4v) is 1.74. The fraction of sp³-hybridized carbons (Fsp3) is 0.556. The van der Waals surface area contributed by atoms with Gasteiger partial charge < -0.3 is 14.5 Å². The Labute approximate surface area is 87.3 Å². The highest BCUT2D eigenvalue weighted by Crippen LogP contribution is 2.26. The molecule has 1 aromatic heterocycles.